The summed E-state index contributed by atoms with van der Waals surface area (Å²) in [7, 11) is -2.74. The Morgan fingerprint density at radius 2 is 1.62 bits per heavy atom. The van der Waals surface area contributed by atoms with Crippen LogP contribution in [-0.4, -0.2) is 25.7 Å². The van der Waals surface area contributed by atoms with Crippen LogP contribution in [0.5, 0.6) is 0 Å². The van der Waals surface area contributed by atoms with Crippen LogP contribution in [-0.2, 0) is 14.0 Å². The molecule has 0 radical (unpaired) electrons. The van der Waals surface area contributed by atoms with Crippen molar-refractivity contribution >= 4 is 19.1 Å². The number of hydrogen-bond acceptors (Lipinski definition) is 3. The molecule has 0 heterocycles. The molecular formula is C9H18O3Si. The molecule has 4 heteroatoms. The Morgan fingerprint density at radius 3 is 1.85 bits per heavy atom. The highest BCUT2D eigenvalue weighted by atomic mass is 28.4. The van der Waals surface area contributed by atoms with Gasteiger partial charge in [-0.05, 0) is 26.3 Å². The Kier molecular flexibility index (Phi) is 4.50. The summed E-state index contributed by atoms with van der Waals surface area (Å²) in [5.74, 6) is 0.352. The molecule has 0 fully saturated rings. The number of carbonyl (C=O) groups is 2. The zero-order chi connectivity index (χ0) is 10.6. The molecule has 0 aromatic heterocycles. The molecule has 0 atom stereocenters. The predicted molar refractivity (Wildman–Crippen MR) is 53.8 cm³/mol. The molecule has 0 unspecified atom stereocenters. The number of hydrogen-bond donors (Lipinski definition) is 0. The smallest absolute Gasteiger partial charge is 0.330 e. The van der Waals surface area contributed by atoms with Gasteiger partial charge in [0.25, 0.3) is 0 Å². The number of rotatable bonds is 5. The standard InChI is InChI=1S/C9H18O3Si/c1-7(2)6-12-13(5,8(3)10)9(4)11/h7H,6H2,1-5H3. The van der Waals surface area contributed by atoms with Gasteiger partial charge in [-0.15, -0.1) is 0 Å². The Balaban J connectivity index is 4.44. The monoisotopic (exact) mass is 202 g/mol. The van der Waals surface area contributed by atoms with Crippen molar-refractivity contribution in [2.24, 2.45) is 5.92 Å². The third kappa shape index (κ3) is 3.40. The van der Waals surface area contributed by atoms with E-state index in [1.54, 1.807) is 6.55 Å². The van der Waals surface area contributed by atoms with E-state index in [0.717, 1.165) is 0 Å². The van der Waals surface area contributed by atoms with Crippen molar-refractivity contribution in [3.63, 3.8) is 0 Å². The highest BCUT2D eigenvalue weighted by molar-refractivity contribution is 7.20. The van der Waals surface area contributed by atoms with Crippen LogP contribution < -0.4 is 0 Å². The van der Waals surface area contributed by atoms with Gasteiger partial charge in [0.05, 0.1) is 0 Å². The van der Waals surface area contributed by atoms with Crippen molar-refractivity contribution < 1.29 is 14.0 Å². The zero-order valence-electron chi connectivity index (χ0n) is 9.01. The third-order valence-corrected chi connectivity index (χ3v) is 5.48. The molecule has 0 rings (SSSR count). The number of carbonyl (C=O) groups excluding carboxylic acids is 2. The molecule has 0 aliphatic heterocycles. The van der Waals surface area contributed by atoms with Crippen LogP contribution in [0.1, 0.15) is 27.7 Å². The first kappa shape index (κ1) is 12.5. The second-order valence-electron chi connectivity index (χ2n) is 3.85. The van der Waals surface area contributed by atoms with E-state index in [-0.39, 0.29) is 10.8 Å². The van der Waals surface area contributed by atoms with Gasteiger partial charge < -0.3 is 14.0 Å². The lowest BCUT2D eigenvalue weighted by Gasteiger charge is -2.22. The molecule has 0 aliphatic carbocycles. The lowest BCUT2D eigenvalue weighted by Crippen LogP contribution is -2.51. The van der Waals surface area contributed by atoms with Gasteiger partial charge in [-0.1, -0.05) is 13.8 Å². The lowest BCUT2D eigenvalue weighted by molar-refractivity contribution is -0.116. The SMILES string of the molecule is CC(=O)[Si](C)(OCC(C)C)C(C)=O. The largest absolute Gasteiger partial charge is 0.404 e. The van der Waals surface area contributed by atoms with Crippen molar-refractivity contribution in [1.29, 1.82) is 0 Å². The van der Waals surface area contributed by atoms with Crippen LogP contribution in [0.4, 0.5) is 0 Å². The maximum absolute atomic E-state index is 11.2. The molecule has 13 heavy (non-hydrogen) atoms. The summed E-state index contributed by atoms with van der Waals surface area (Å²) in [4.78, 5) is 22.5. The van der Waals surface area contributed by atoms with Crippen molar-refractivity contribution in [2.45, 2.75) is 34.2 Å². The van der Waals surface area contributed by atoms with E-state index >= 15 is 0 Å². The average Bonchev–Trinajstić information content (AvgIpc) is 1.99. The first-order valence-electron chi connectivity index (χ1n) is 4.46. The summed E-state index contributed by atoms with van der Waals surface area (Å²) in [5, 5.41) is -0.193. The fraction of sp³-hybridized carbons (Fsp3) is 0.778. The quantitative estimate of drug-likeness (QED) is 0.634. The zero-order valence-corrected chi connectivity index (χ0v) is 10.0. The van der Waals surface area contributed by atoms with Crippen molar-refractivity contribution in [3.8, 4) is 0 Å². The Hall–Kier alpha value is -0.483. The maximum atomic E-state index is 11.2. The van der Waals surface area contributed by atoms with Gasteiger partial charge in [-0.25, -0.2) is 0 Å². The molecule has 0 saturated carbocycles. The van der Waals surface area contributed by atoms with Crippen LogP contribution in [0, 0.1) is 5.92 Å². The summed E-state index contributed by atoms with van der Waals surface area (Å²) < 4.78 is 5.45. The van der Waals surface area contributed by atoms with Crippen molar-refractivity contribution in [3.05, 3.63) is 0 Å². The molecule has 0 N–H and O–H groups in total. The predicted octanol–water partition coefficient (Wildman–Crippen LogP) is 1.49. The average molecular weight is 202 g/mol. The summed E-state index contributed by atoms with van der Waals surface area (Å²) in [5.41, 5.74) is 0. The molecular weight excluding hydrogens is 184 g/mol. The fourth-order valence-corrected chi connectivity index (χ4v) is 2.35. The second-order valence-corrected chi connectivity index (χ2v) is 7.61. The van der Waals surface area contributed by atoms with Crippen molar-refractivity contribution in [1.82, 2.24) is 0 Å². The van der Waals surface area contributed by atoms with E-state index < -0.39 is 8.32 Å². The highest BCUT2D eigenvalue weighted by Gasteiger charge is 2.41. The minimum absolute atomic E-state index is 0.0966. The van der Waals surface area contributed by atoms with Crippen LogP contribution >= 0.6 is 0 Å². The molecule has 76 valence electrons. The Morgan fingerprint density at radius 1 is 1.23 bits per heavy atom. The molecule has 0 saturated heterocycles. The van der Waals surface area contributed by atoms with Crippen LogP contribution in [0.3, 0.4) is 0 Å². The minimum atomic E-state index is -2.74. The van der Waals surface area contributed by atoms with E-state index in [4.69, 9.17) is 4.43 Å². The molecule has 0 amide bonds. The van der Waals surface area contributed by atoms with Gasteiger partial charge >= 0.3 is 8.32 Å². The van der Waals surface area contributed by atoms with E-state index in [1.165, 1.54) is 13.8 Å². The first-order valence-corrected chi connectivity index (χ1v) is 6.87. The Bertz CT molecular complexity index is 197. The summed E-state index contributed by atoms with van der Waals surface area (Å²) in [6.07, 6.45) is 0. The highest BCUT2D eigenvalue weighted by Crippen LogP contribution is 2.10. The molecule has 0 aliphatic rings. The van der Waals surface area contributed by atoms with Gasteiger partial charge in [0.15, 0.2) is 0 Å². The molecule has 0 aromatic carbocycles. The molecule has 0 bridgehead atoms. The fourth-order valence-electron chi connectivity index (χ4n) is 0.784. The van der Waals surface area contributed by atoms with Gasteiger partial charge in [-0.3, -0.25) is 0 Å². The topological polar surface area (TPSA) is 43.4 Å². The van der Waals surface area contributed by atoms with E-state index in [9.17, 15) is 9.59 Å². The van der Waals surface area contributed by atoms with E-state index in [0.29, 0.717) is 12.5 Å². The van der Waals surface area contributed by atoms with Crippen LogP contribution in [0.2, 0.25) is 6.55 Å². The minimum Gasteiger partial charge on any atom is -0.404 e. The Labute approximate surface area is 80.6 Å². The molecule has 3 nitrogen and oxygen atoms in total. The van der Waals surface area contributed by atoms with Gasteiger partial charge in [0, 0.05) is 6.61 Å². The molecule has 0 spiro atoms. The summed E-state index contributed by atoms with van der Waals surface area (Å²) in [6.45, 7) is 9.02. The summed E-state index contributed by atoms with van der Waals surface area (Å²) >= 11 is 0. The maximum Gasteiger partial charge on any atom is 0.330 e. The van der Waals surface area contributed by atoms with E-state index in [1.807, 2.05) is 13.8 Å². The third-order valence-electron chi connectivity index (χ3n) is 2.05. The second kappa shape index (κ2) is 4.67. The summed E-state index contributed by atoms with van der Waals surface area (Å²) in [6, 6.07) is 0. The van der Waals surface area contributed by atoms with E-state index in [2.05, 4.69) is 0 Å². The normalized spacial score (nSPS) is 11.8. The van der Waals surface area contributed by atoms with Gasteiger partial charge in [0.2, 0.25) is 0 Å². The first-order chi connectivity index (χ1) is 5.80. The lowest BCUT2D eigenvalue weighted by atomic mass is 10.2. The van der Waals surface area contributed by atoms with Gasteiger partial charge in [0.1, 0.15) is 10.8 Å². The van der Waals surface area contributed by atoms with Crippen LogP contribution in [0.15, 0.2) is 0 Å². The van der Waals surface area contributed by atoms with Crippen LogP contribution in [0.25, 0.3) is 0 Å². The molecule has 0 aromatic rings. The van der Waals surface area contributed by atoms with Gasteiger partial charge in [-0.2, -0.15) is 0 Å². The van der Waals surface area contributed by atoms with Crippen molar-refractivity contribution in [2.75, 3.05) is 6.61 Å².